The van der Waals surface area contributed by atoms with Crippen LogP contribution in [-0.2, 0) is 6.54 Å². The Bertz CT molecular complexity index is 664. The van der Waals surface area contributed by atoms with Crippen molar-refractivity contribution in [2.24, 2.45) is 5.92 Å². The first-order valence-corrected chi connectivity index (χ1v) is 5.41. The van der Waals surface area contributed by atoms with E-state index in [1.165, 1.54) is 0 Å². The van der Waals surface area contributed by atoms with Crippen LogP contribution in [0, 0.1) is 5.92 Å². The van der Waals surface area contributed by atoms with Gasteiger partial charge in [0.15, 0.2) is 5.52 Å². The van der Waals surface area contributed by atoms with Gasteiger partial charge in [-0.1, -0.05) is 0 Å². The van der Waals surface area contributed by atoms with E-state index in [9.17, 15) is 9.59 Å². The predicted molar refractivity (Wildman–Crippen MR) is 58.7 cm³/mol. The minimum absolute atomic E-state index is 0.185. The average molecular weight is 241 g/mol. The number of H-pyrrole nitrogens is 2. The van der Waals surface area contributed by atoms with Gasteiger partial charge in [0.25, 0.3) is 5.56 Å². The molecule has 0 atom stereocenters. The quantitative estimate of drug-likeness (QED) is 0.749. The lowest BCUT2D eigenvalue weighted by Crippen LogP contribution is -2.22. The first kappa shape index (κ1) is 9.65. The van der Waals surface area contributed by atoms with Crippen LogP contribution >= 0.6 is 11.6 Å². The lowest BCUT2D eigenvalue weighted by molar-refractivity contribution is 0.638. The van der Waals surface area contributed by atoms with E-state index in [2.05, 4.69) is 15.0 Å². The van der Waals surface area contributed by atoms with Crippen molar-refractivity contribution in [1.82, 2.24) is 19.5 Å². The maximum Gasteiger partial charge on any atom is 0.327 e. The van der Waals surface area contributed by atoms with Gasteiger partial charge < -0.3 is 4.57 Å². The topological polar surface area (TPSA) is 83.5 Å². The third kappa shape index (κ3) is 1.46. The summed E-state index contributed by atoms with van der Waals surface area (Å²) in [6, 6.07) is 0. The summed E-state index contributed by atoms with van der Waals surface area (Å²) >= 11 is 5.94. The van der Waals surface area contributed by atoms with Crippen molar-refractivity contribution in [3.8, 4) is 0 Å². The Balaban J connectivity index is 2.29. The minimum Gasteiger partial charge on any atom is -0.300 e. The summed E-state index contributed by atoms with van der Waals surface area (Å²) in [5, 5.41) is 0.245. The second kappa shape index (κ2) is 3.21. The molecule has 1 aliphatic rings. The zero-order valence-electron chi connectivity index (χ0n) is 8.29. The van der Waals surface area contributed by atoms with Crippen LogP contribution in [0.2, 0.25) is 5.28 Å². The molecule has 7 heteroatoms. The van der Waals surface area contributed by atoms with Gasteiger partial charge in [-0.2, -0.15) is 0 Å². The molecule has 0 bridgehead atoms. The normalized spacial score (nSPS) is 15.8. The molecule has 0 spiro atoms. The molecule has 16 heavy (non-hydrogen) atoms. The van der Waals surface area contributed by atoms with Crippen LogP contribution in [0.3, 0.4) is 0 Å². The smallest absolute Gasteiger partial charge is 0.300 e. The van der Waals surface area contributed by atoms with Crippen molar-refractivity contribution < 1.29 is 0 Å². The number of halogens is 1. The number of aromatic amines is 2. The van der Waals surface area contributed by atoms with Crippen molar-refractivity contribution in [3.05, 3.63) is 26.1 Å². The van der Waals surface area contributed by atoms with Crippen LogP contribution in [-0.4, -0.2) is 19.5 Å². The molecule has 0 radical (unpaired) electrons. The van der Waals surface area contributed by atoms with E-state index in [1.807, 2.05) is 0 Å². The van der Waals surface area contributed by atoms with Gasteiger partial charge >= 0.3 is 5.69 Å². The van der Waals surface area contributed by atoms with Gasteiger partial charge in [0.05, 0.1) is 0 Å². The maximum absolute atomic E-state index is 11.5. The Morgan fingerprint density at radius 1 is 1.38 bits per heavy atom. The summed E-state index contributed by atoms with van der Waals surface area (Å²) in [6.07, 6.45) is 2.31. The van der Waals surface area contributed by atoms with Gasteiger partial charge in [-0.05, 0) is 30.4 Å². The predicted octanol–water partition coefficient (Wildman–Crippen LogP) is 0.476. The second-order valence-corrected chi connectivity index (χ2v) is 4.38. The Hall–Kier alpha value is -1.56. The van der Waals surface area contributed by atoms with Crippen LogP contribution in [0.25, 0.3) is 11.2 Å². The Labute approximate surface area is 94.3 Å². The highest BCUT2D eigenvalue weighted by Crippen LogP contribution is 2.32. The second-order valence-electron chi connectivity index (χ2n) is 4.04. The van der Waals surface area contributed by atoms with E-state index in [0.29, 0.717) is 18.1 Å². The van der Waals surface area contributed by atoms with Crippen molar-refractivity contribution in [3.63, 3.8) is 0 Å². The largest absolute Gasteiger partial charge is 0.327 e. The summed E-state index contributed by atoms with van der Waals surface area (Å²) in [4.78, 5) is 31.3. The molecule has 0 aromatic carbocycles. The molecule has 3 rings (SSSR count). The molecule has 0 saturated heterocycles. The molecular weight excluding hydrogens is 232 g/mol. The molecule has 2 aromatic heterocycles. The van der Waals surface area contributed by atoms with E-state index in [4.69, 9.17) is 11.6 Å². The maximum atomic E-state index is 11.5. The van der Waals surface area contributed by atoms with E-state index in [1.54, 1.807) is 4.57 Å². The number of nitrogens with one attached hydrogen (secondary N) is 2. The van der Waals surface area contributed by atoms with Crippen LogP contribution in [0.5, 0.6) is 0 Å². The van der Waals surface area contributed by atoms with Gasteiger partial charge in [0.2, 0.25) is 5.28 Å². The Kier molecular flexibility index (Phi) is 1.94. The fourth-order valence-corrected chi connectivity index (χ4v) is 1.98. The summed E-state index contributed by atoms with van der Waals surface area (Å²) < 4.78 is 1.69. The van der Waals surface area contributed by atoms with Crippen LogP contribution in [0.1, 0.15) is 12.8 Å². The summed E-state index contributed by atoms with van der Waals surface area (Å²) in [7, 11) is 0. The molecular formula is C9H9ClN4O2. The van der Waals surface area contributed by atoms with Crippen LogP contribution in [0.15, 0.2) is 9.59 Å². The van der Waals surface area contributed by atoms with Crippen molar-refractivity contribution in [2.75, 3.05) is 0 Å². The van der Waals surface area contributed by atoms with E-state index in [-0.39, 0.29) is 10.8 Å². The molecule has 0 aliphatic heterocycles. The van der Waals surface area contributed by atoms with Gasteiger partial charge in [-0.15, -0.1) is 0 Å². The third-order valence-electron chi connectivity index (χ3n) is 2.73. The van der Waals surface area contributed by atoms with Gasteiger partial charge in [-0.25, -0.2) is 9.78 Å². The summed E-state index contributed by atoms with van der Waals surface area (Å²) in [6.45, 7) is 0.703. The summed E-state index contributed by atoms with van der Waals surface area (Å²) in [5.41, 5.74) is -0.447. The van der Waals surface area contributed by atoms with E-state index < -0.39 is 11.2 Å². The van der Waals surface area contributed by atoms with Gasteiger partial charge in [0, 0.05) is 6.54 Å². The number of hydrogen-bond donors (Lipinski definition) is 2. The average Bonchev–Trinajstić information content (AvgIpc) is 2.96. The van der Waals surface area contributed by atoms with E-state index >= 15 is 0 Å². The summed E-state index contributed by atoms with van der Waals surface area (Å²) in [5.74, 6) is 0.581. The number of imidazole rings is 1. The third-order valence-corrected chi connectivity index (χ3v) is 3.02. The first-order valence-electron chi connectivity index (χ1n) is 5.03. The monoisotopic (exact) mass is 240 g/mol. The van der Waals surface area contributed by atoms with Gasteiger partial charge in [0.1, 0.15) is 5.65 Å². The fourth-order valence-electron chi connectivity index (χ4n) is 1.74. The molecule has 1 aliphatic carbocycles. The van der Waals surface area contributed by atoms with E-state index in [0.717, 1.165) is 12.8 Å². The molecule has 1 fully saturated rings. The standard InChI is InChI=1S/C9H9ClN4O2/c10-8-11-5-6(12-9(16)13-7(5)15)14(8)3-4-1-2-4/h4H,1-3H2,(H2,12,13,15,16). The molecule has 0 unspecified atom stereocenters. The Morgan fingerprint density at radius 3 is 2.81 bits per heavy atom. The number of aromatic nitrogens is 4. The molecule has 6 nitrogen and oxygen atoms in total. The Morgan fingerprint density at radius 2 is 2.12 bits per heavy atom. The number of fused-ring (bicyclic) bond motifs is 1. The van der Waals surface area contributed by atoms with Crippen LogP contribution in [0.4, 0.5) is 0 Å². The van der Waals surface area contributed by atoms with Crippen molar-refractivity contribution in [1.29, 1.82) is 0 Å². The lowest BCUT2D eigenvalue weighted by Gasteiger charge is -2.02. The molecule has 2 aromatic rings. The number of rotatable bonds is 2. The zero-order valence-corrected chi connectivity index (χ0v) is 9.04. The number of nitrogens with zero attached hydrogens (tertiary/aromatic N) is 2. The fraction of sp³-hybridized carbons (Fsp3) is 0.444. The highest BCUT2D eigenvalue weighted by atomic mass is 35.5. The lowest BCUT2D eigenvalue weighted by atomic mass is 10.4. The molecule has 0 amide bonds. The zero-order chi connectivity index (χ0) is 11.3. The van der Waals surface area contributed by atoms with Gasteiger partial charge in [-0.3, -0.25) is 14.8 Å². The highest BCUT2D eigenvalue weighted by molar-refractivity contribution is 6.29. The number of hydrogen-bond acceptors (Lipinski definition) is 3. The molecule has 1 saturated carbocycles. The molecule has 2 heterocycles. The van der Waals surface area contributed by atoms with Crippen molar-refractivity contribution in [2.45, 2.75) is 19.4 Å². The van der Waals surface area contributed by atoms with Crippen molar-refractivity contribution >= 4 is 22.8 Å². The molecule has 84 valence electrons. The SMILES string of the molecule is O=c1[nH]c(=O)c2nc(Cl)n(CC3CC3)c2[nH]1. The highest BCUT2D eigenvalue weighted by Gasteiger charge is 2.24. The van der Waals surface area contributed by atoms with Crippen LogP contribution < -0.4 is 11.2 Å². The molecule has 2 N–H and O–H groups in total. The first-order chi connectivity index (χ1) is 7.65. The minimum atomic E-state index is -0.536.